The van der Waals surface area contributed by atoms with Crippen LogP contribution in [0, 0.1) is 0 Å². The van der Waals surface area contributed by atoms with E-state index in [9.17, 15) is 13.2 Å². The second-order valence-electron chi connectivity index (χ2n) is 6.00. The van der Waals surface area contributed by atoms with Crippen LogP contribution in [0.1, 0.15) is 84.0 Å². The Hall–Kier alpha value is 0.540. The molecule has 0 aliphatic heterocycles. The van der Waals surface area contributed by atoms with Crippen molar-refractivity contribution in [3.63, 3.8) is 0 Å². The summed E-state index contributed by atoms with van der Waals surface area (Å²) in [6, 6.07) is 0. The van der Waals surface area contributed by atoms with Crippen molar-refractivity contribution in [2.24, 2.45) is 0 Å². The van der Waals surface area contributed by atoms with Crippen molar-refractivity contribution in [3.8, 4) is 0 Å². The number of unbranched alkanes of at least 4 members (excludes halogenated alkanes) is 10. The molecule has 5 nitrogen and oxygen atoms in total. The number of aliphatic hydroxyl groups is 1. The SMILES string of the molecule is CCCCCCCCCCCCC[C](=O)[Na].O=S(=O)(O)CCO. The standard InChI is InChI=1S/C14H27O.C2H6O4S.Na/c1-2-3-4-5-6-7-8-9-10-11-12-13-14-15;3-1-2-7(4,5)6;/h2-13H2,1H3;3H,1-2H2,(H,4,5,6);. The van der Waals surface area contributed by atoms with Gasteiger partial charge in [0.25, 0.3) is 10.1 Å². The number of hydrogen-bond donors (Lipinski definition) is 2. The normalized spacial score (nSPS) is 11.0. The fourth-order valence-corrected chi connectivity index (χ4v) is 2.74. The molecule has 0 amide bonds. The zero-order chi connectivity index (χ0) is 18.0. The van der Waals surface area contributed by atoms with E-state index in [2.05, 4.69) is 6.92 Å². The first kappa shape index (κ1) is 25.8. The molecule has 0 aromatic heterocycles. The third-order valence-electron chi connectivity index (χ3n) is 3.48. The van der Waals surface area contributed by atoms with Crippen LogP contribution in [-0.4, -0.2) is 61.4 Å². The largest absolute Gasteiger partial charge is 0.395 e. The van der Waals surface area contributed by atoms with Crippen LogP contribution < -0.4 is 0 Å². The number of carbonyl (C=O) groups is 1. The minimum Gasteiger partial charge on any atom is -0.395 e. The summed E-state index contributed by atoms with van der Waals surface area (Å²) in [5.74, 6) is -0.576. The maximum Gasteiger partial charge on any atom is 0.267 e. The molecule has 0 heterocycles. The summed E-state index contributed by atoms with van der Waals surface area (Å²) in [4.78, 5) is 10.8. The maximum atomic E-state index is 10.8. The Labute approximate surface area is 159 Å². The maximum absolute atomic E-state index is 10.8. The number of aliphatic hydroxyl groups excluding tert-OH is 1. The van der Waals surface area contributed by atoms with Crippen molar-refractivity contribution in [2.75, 3.05) is 12.4 Å². The predicted octanol–water partition coefficient (Wildman–Crippen LogP) is 3.25. The quantitative estimate of drug-likeness (QED) is 0.282. The fourth-order valence-electron chi connectivity index (χ4n) is 2.15. The monoisotopic (exact) mass is 360 g/mol. The number of hydrogen-bond acceptors (Lipinski definition) is 4. The molecule has 2 N–H and O–H groups in total. The van der Waals surface area contributed by atoms with Crippen LogP contribution in [0.4, 0.5) is 0 Å². The van der Waals surface area contributed by atoms with Crippen LogP contribution in [0.2, 0.25) is 0 Å². The third-order valence-corrected chi connectivity index (χ3v) is 4.68. The van der Waals surface area contributed by atoms with Gasteiger partial charge in [0.2, 0.25) is 0 Å². The summed E-state index contributed by atoms with van der Waals surface area (Å²) >= 11 is 0.751. The molecule has 0 saturated carbocycles. The molecule has 0 spiro atoms. The van der Waals surface area contributed by atoms with Crippen LogP contribution >= 0.6 is 0 Å². The molecule has 0 aliphatic carbocycles. The summed E-state index contributed by atoms with van der Waals surface area (Å²) in [5.41, 5.74) is 0. The average molecular weight is 360 g/mol. The van der Waals surface area contributed by atoms with E-state index in [0.29, 0.717) is 3.03 Å². The number of carbonyl (C=O) groups excluding carboxylic acids is 1. The van der Waals surface area contributed by atoms with Gasteiger partial charge in [-0.3, -0.25) is 4.55 Å². The van der Waals surface area contributed by atoms with Gasteiger partial charge in [-0.15, -0.1) is 0 Å². The van der Waals surface area contributed by atoms with Gasteiger partial charge in [0.15, 0.2) is 0 Å². The zero-order valence-electron chi connectivity index (χ0n) is 14.9. The molecule has 0 aliphatic rings. The van der Waals surface area contributed by atoms with Crippen LogP contribution in [0.15, 0.2) is 0 Å². The summed E-state index contributed by atoms with van der Waals surface area (Å²) in [6.07, 6.45) is 15.8. The molecule has 134 valence electrons. The van der Waals surface area contributed by atoms with E-state index < -0.39 is 22.5 Å². The molecule has 0 fully saturated rings. The molecule has 0 bridgehead atoms. The molecular weight excluding hydrogens is 327 g/mol. The molecule has 0 rings (SSSR count). The Morgan fingerprint density at radius 2 is 1.26 bits per heavy atom. The number of rotatable bonds is 14. The van der Waals surface area contributed by atoms with Crippen LogP contribution in [-0.2, 0) is 14.9 Å². The summed E-state index contributed by atoms with van der Waals surface area (Å²) < 4.78 is 27.6. The van der Waals surface area contributed by atoms with Crippen LogP contribution in [0.25, 0.3) is 0 Å². The minimum atomic E-state index is -3.92. The molecule has 0 aromatic carbocycles. The first-order valence-corrected chi connectivity index (χ1v) is 11.5. The van der Waals surface area contributed by atoms with E-state index in [4.69, 9.17) is 9.66 Å². The summed E-state index contributed by atoms with van der Waals surface area (Å²) in [7, 11) is -3.92. The van der Waals surface area contributed by atoms with E-state index in [1.165, 1.54) is 64.2 Å². The van der Waals surface area contributed by atoms with Crippen molar-refractivity contribution in [3.05, 3.63) is 0 Å². The Morgan fingerprint density at radius 1 is 0.870 bits per heavy atom. The van der Waals surface area contributed by atoms with E-state index in [-0.39, 0.29) is 0 Å². The Bertz CT molecular complexity index is 357. The second-order valence-corrected chi connectivity index (χ2v) is 8.68. The average Bonchev–Trinajstić information content (AvgIpc) is 2.44. The van der Waals surface area contributed by atoms with E-state index in [1.807, 2.05) is 0 Å². The predicted molar refractivity (Wildman–Crippen MR) is 95.3 cm³/mol. The van der Waals surface area contributed by atoms with Gasteiger partial charge in [-0.05, 0) is 0 Å². The van der Waals surface area contributed by atoms with Gasteiger partial charge < -0.3 is 5.11 Å². The van der Waals surface area contributed by atoms with Crippen molar-refractivity contribution < 1.29 is 22.9 Å². The van der Waals surface area contributed by atoms with Crippen molar-refractivity contribution in [2.45, 2.75) is 84.0 Å². The molecule has 23 heavy (non-hydrogen) atoms. The van der Waals surface area contributed by atoms with E-state index >= 15 is 0 Å². The Morgan fingerprint density at radius 3 is 1.52 bits per heavy atom. The molecule has 0 aromatic rings. The Balaban J connectivity index is 0. The first-order chi connectivity index (χ1) is 10.8. The topological polar surface area (TPSA) is 91.7 Å². The molecule has 0 unspecified atom stereocenters. The van der Waals surface area contributed by atoms with E-state index in [1.54, 1.807) is 0 Å². The second kappa shape index (κ2) is 18.9. The molecule has 7 heteroatoms. The van der Waals surface area contributed by atoms with Crippen molar-refractivity contribution in [1.29, 1.82) is 0 Å². The van der Waals surface area contributed by atoms with Gasteiger partial charge in [0, 0.05) is 0 Å². The fraction of sp³-hybridized carbons (Fsp3) is 0.938. The van der Waals surface area contributed by atoms with Gasteiger partial charge in [-0.25, -0.2) is 0 Å². The Kier molecular flexibility index (Phi) is 21.2. The minimum absolute atomic E-state index is 0.482. The third kappa shape index (κ3) is 30.9. The molecular formula is C16H33NaO5S. The van der Waals surface area contributed by atoms with Crippen LogP contribution in [0.3, 0.4) is 0 Å². The van der Waals surface area contributed by atoms with Gasteiger partial charge in [-0.1, -0.05) is 13.3 Å². The molecule has 0 atom stereocenters. The summed E-state index contributed by atoms with van der Waals surface area (Å²) in [5, 5.41) is 7.86. The van der Waals surface area contributed by atoms with Gasteiger partial charge in [-0.2, -0.15) is 8.42 Å². The van der Waals surface area contributed by atoms with Crippen molar-refractivity contribution in [1.82, 2.24) is 0 Å². The zero-order valence-corrected chi connectivity index (χ0v) is 17.7. The van der Waals surface area contributed by atoms with Gasteiger partial charge in [0.1, 0.15) is 0 Å². The van der Waals surface area contributed by atoms with Crippen molar-refractivity contribution >= 4 is 41.1 Å². The van der Waals surface area contributed by atoms with E-state index in [0.717, 1.165) is 40.8 Å². The van der Waals surface area contributed by atoms with Gasteiger partial charge >= 0.3 is 106 Å². The summed E-state index contributed by atoms with van der Waals surface area (Å²) in [6.45, 7) is 1.74. The van der Waals surface area contributed by atoms with Crippen LogP contribution in [0.5, 0.6) is 0 Å². The van der Waals surface area contributed by atoms with Gasteiger partial charge in [0.05, 0.1) is 12.4 Å². The first-order valence-electron chi connectivity index (χ1n) is 8.89. The smallest absolute Gasteiger partial charge is 0.267 e. The molecule has 0 radical (unpaired) electrons. The molecule has 0 saturated heterocycles.